The van der Waals surface area contributed by atoms with Crippen LogP contribution in [0.15, 0.2) is 36.4 Å². The molecule has 0 saturated heterocycles. The van der Waals surface area contributed by atoms with E-state index in [9.17, 15) is 13.9 Å². The van der Waals surface area contributed by atoms with Crippen LogP contribution in [0, 0.1) is 18.6 Å². The van der Waals surface area contributed by atoms with Crippen molar-refractivity contribution in [2.45, 2.75) is 19.9 Å². The maximum atomic E-state index is 13.2. The van der Waals surface area contributed by atoms with Crippen molar-refractivity contribution in [2.75, 3.05) is 5.32 Å². The van der Waals surface area contributed by atoms with Gasteiger partial charge in [-0.1, -0.05) is 6.07 Å². The van der Waals surface area contributed by atoms with Gasteiger partial charge in [-0.25, -0.2) is 8.78 Å². The molecule has 2 nitrogen and oxygen atoms in total. The second-order valence-electron chi connectivity index (χ2n) is 4.53. The molecule has 2 rings (SSSR count). The molecule has 0 aliphatic heterocycles. The Labute approximate surface area is 110 Å². The summed E-state index contributed by atoms with van der Waals surface area (Å²) in [6.07, 6.45) is 0. The lowest BCUT2D eigenvalue weighted by atomic mass is 10.1. The quantitative estimate of drug-likeness (QED) is 0.871. The third-order valence-corrected chi connectivity index (χ3v) is 3.00. The number of anilines is 1. The maximum absolute atomic E-state index is 13.2. The molecule has 4 heteroatoms. The van der Waals surface area contributed by atoms with Crippen molar-refractivity contribution in [3.8, 4) is 5.75 Å². The first-order valence-electron chi connectivity index (χ1n) is 5.98. The van der Waals surface area contributed by atoms with Gasteiger partial charge in [-0.3, -0.25) is 0 Å². The summed E-state index contributed by atoms with van der Waals surface area (Å²) in [6, 6.07) is 8.37. The zero-order chi connectivity index (χ0) is 14.0. The Morgan fingerprint density at radius 1 is 1.11 bits per heavy atom. The van der Waals surface area contributed by atoms with Crippen LogP contribution >= 0.6 is 0 Å². The summed E-state index contributed by atoms with van der Waals surface area (Å²) in [4.78, 5) is 0. The summed E-state index contributed by atoms with van der Waals surface area (Å²) in [5, 5.41) is 12.8. The molecule has 0 bridgehead atoms. The van der Waals surface area contributed by atoms with Crippen LogP contribution in [0.1, 0.15) is 24.1 Å². The van der Waals surface area contributed by atoms with E-state index in [1.54, 1.807) is 19.1 Å². The number of aryl methyl sites for hydroxylation is 1. The molecule has 0 heterocycles. The van der Waals surface area contributed by atoms with Crippen molar-refractivity contribution < 1.29 is 13.9 Å². The van der Waals surface area contributed by atoms with Crippen molar-refractivity contribution >= 4 is 5.69 Å². The van der Waals surface area contributed by atoms with E-state index in [1.165, 1.54) is 18.2 Å². The van der Waals surface area contributed by atoms with Gasteiger partial charge in [0.25, 0.3) is 0 Å². The van der Waals surface area contributed by atoms with Gasteiger partial charge >= 0.3 is 0 Å². The molecule has 19 heavy (non-hydrogen) atoms. The van der Waals surface area contributed by atoms with E-state index in [0.29, 0.717) is 11.1 Å². The number of aromatic hydroxyl groups is 1. The smallest absolute Gasteiger partial charge is 0.126 e. The number of benzene rings is 2. The molecule has 0 amide bonds. The monoisotopic (exact) mass is 263 g/mol. The number of phenols is 1. The first kappa shape index (κ1) is 13.3. The standard InChI is InChI=1S/C15H15F2NO/c1-9-7-12(4-6-14(9)17)18-10(2)13-5-3-11(16)8-15(13)19/h3-8,10,18-19H,1-2H3. The summed E-state index contributed by atoms with van der Waals surface area (Å²) >= 11 is 0. The van der Waals surface area contributed by atoms with E-state index in [4.69, 9.17) is 0 Å². The highest BCUT2D eigenvalue weighted by molar-refractivity contribution is 5.49. The van der Waals surface area contributed by atoms with Crippen LogP contribution in [0.2, 0.25) is 0 Å². The molecule has 0 saturated carbocycles. The van der Waals surface area contributed by atoms with Gasteiger partial charge < -0.3 is 10.4 Å². The average molecular weight is 263 g/mol. The fourth-order valence-corrected chi connectivity index (χ4v) is 1.95. The highest BCUT2D eigenvalue weighted by atomic mass is 19.1. The van der Waals surface area contributed by atoms with Gasteiger partial charge in [-0.15, -0.1) is 0 Å². The number of hydrogen-bond acceptors (Lipinski definition) is 2. The van der Waals surface area contributed by atoms with Crippen LogP contribution in [-0.2, 0) is 0 Å². The van der Waals surface area contributed by atoms with Gasteiger partial charge in [0, 0.05) is 17.3 Å². The molecule has 0 radical (unpaired) electrons. The summed E-state index contributed by atoms with van der Waals surface area (Å²) in [7, 11) is 0. The first-order valence-corrected chi connectivity index (χ1v) is 5.98. The molecule has 0 aliphatic carbocycles. The lowest BCUT2D eigenvalue weighted by molar-refractivity contribution is 0.459. The fourth-order valence-electron chi connectivity index (χ4n) is 1.95. The third kappa shape index (κ3) is 3.02. The van der Waals surface area contributed by atoms with Gasteiger partial charge in [-0.2, -0.15) is 0 Å². The lowest BCUT2D eigenvalue weighted by Crippen LogP contribution is -2.07. The van der Waals surface area contributed by atoms with Crippen LogP contribution < -0.4 is 5.32 Å². The number of halogens is 2. The van der Waals surface area contributed by atoms with Gasteiger partial charge in [0.05, 0.1) is 6.04 Å². The SMILES string of the molecule is Cc1cc(NC(C)c2ccc(F)cc2O)ccc1F. The zero-order valence-corrected chi connectivity index (χ0v) is 10.7. The van der Waals surface area contributed by atoms with Crippen molar-refractivity contribution in [2.24, 2.45) is 0 Å². The second-order valence-corrected chi connectivity index (χ2v) is 4.53. The molecule has 0 fully saturated rings. The van der Waals surface area contributed by atoms with Crippen molar-refractivity contribution in [1.29, 1.82) is 0 Å². The fraction of sp³-hybridized carbons (Fsp3) is 0.200. The first-order chi connectivity index (χ1) is 8.97. The summed E-state index contributed by atoms with van der Waals surface area (Å²) in [5.74, 6) is -0.840. The summed E-state index contributed by atoms with van der Waals surface area (Å²) in [5.41, 5.74) is 1.87. The van der Waals surface area contributed by atoms with Crippen molar-refractivity contribution in [1.82, 2.24) is 0 Å². The molecule has 0 spiro atoms. The van der Waals surface area contributed by atoms with Crippen LogP contribution in [0.3, 0.4) is 0 Å². The third-order valence-electron chi connectivity index (χ3n) is 3.00. The van der Waals surface area contributed by atoms with Crippen LogP contribution in [-0.4, -0.2) is 5.11 Å². The minimum atomic E-state index is -0.480. The summed E-state index contributed by atoms with van der Waals surface area (Å²) < 4.78 is 26.1. The number of rotatable bonds is 3. The number of hydrogen-bond donors (Lipinski definition) is 2. The van der Waals surface area contributed by atoms with E-state index in [1.807, 2.05) is 6.92 Å². The molecule has 100 valence electrons. The summed E-state index contributed by atoms with van der Waals surface area (Å²) in [6.45, 7) is 3.52. The van der Waals surface area contributed by atoms with Gasteiger partial charge in [-0.05, 0) is 43.7 Å². The average Bonchev–Trinajstić information content (AvgIpc) is 2.33. The maximum Gasteiger partial charge on any atom is 0.126 e. The zero-order valence-electron chi connectivity index (χ0n) is 10.7. The lowest BCUT2D eigenvalue weighted by Gasteiger charge is -2.17. The van der Waals surface area contributed by atoms with E-state index >= 15 is 0 Å². The Bertz CT molecular complexity index is 599. The molecular formula is C15H15F2NO. The van der Waals surface area contributed by atoms with E-state index in [-0.39, 0.29) is 17.6 Å². The van der Waals surface area contributed by atoms with E-state index < -0.39 is 5.82 Å². The minimum Gasteiger partial charge on any atom is -0.507 e. The highest BCUT2D eigenvalue weighted by Gasteiger charge is 2.11. The molecule has 1 atom stereocenters. The largest absolute Gasteiger partial charge is 0.507 e. The van der Waals surface area contributed by atoms with Crippen LogP contribution in [0.25, 0.3) is 0 Å². The molecule has 2 N–H and O–H groups in total. The highest BCUT2D eigenvalue weighted by Crippen LogP contribution is 2.28. The topological polar surface area (TPSA) is 32.3 Å². The normalized spacial score (nSPS) is 12.2. The van der Waals surface area contributed by atoms with Gasteiger partial charge in [0.2, 0.25) is 0 Å². The predicted molar refractivity (Wildman–Crippen MR) is 71.2 cm³/mol. The molecule has 0 aromatic heterocycles. The van der Waals surface area contributed by atoms with E-state index in [2.05, 4.69) is 5.32 Å². The molecular weight excluding hydrogens is 248 g/mol. The Morgan fingerprint density at radius 2 is 1.84 bits per heavy atom. The molecule has 1 unspecified atom stereocenters. The molecule has 0 aliphatic rings. The van der Waals surface area contributed by atoms with E-state index in [0.717, 1.165) is 11.8 Å². The Balaban J connectivity index is 2.20. The van der Waals surface area contributed by atoms with Crippen LogP contribution in [0.5, 0.6) is 5.75 Å². The van der Waals surface area contributed by atoms with Crippen molar-refractivity contribution in [3.63, 3.8) is 0 Å². The Kier molecular flexibility index (Phi) is 3.69. The Morgan fingerprint density at radius 3 is 2.47 bits per heavy atom. The number of nitrogens with one attached hydrogen (secondary N) is 1. The molecule has 2 aromatic carbocycles. The van der Waals surface area contributed by atoms with Gasteiger partial charge in [0.15, 0.2) is 0 Å². The second kappa shape index (κ2) is 5.26. The predicted octanol–water partition coefficient (Wildman–Crippen LogP) is 4.15. The number of phenolic OH excluding ortho intramolecular Hbond substituents is 1. The Hall–Kier alpha value is -2.10. The molecule has 2 aromatic rings. The minimum absolute atomic E-state index is 0.0983. The van der Waals surface area contributed by atoms with Gasteiger partial charge in [0.1, 0.15) is 17.4 Å². The van der Waals surface area contributed by atoms with Crippen molar-refractivity contribution in [3.05, 3.63) is 59.2 Å². The van der Waals surface area contributed by atoms with Crippen LogP contribution in [0.4, 0.5) is 14.5 Å².